The lowest BCUT2D eigenvalue weighted by Gasteiger charge is -2.07. The van der Waals surface area contributed by atoms with E-state index in [-0.39, 0.29) is 12.2 Å². The standard InChI is InChI=1S/C16H14N6OS/c1-10-8-24-15(19-10)6-14(23)12-5-11(13-3-4-18-21(13)2)7-22-9-17-20-16(12)22/h3-5,7-9H,6H2,1-2H3. The first-order valence-electron chi connectivity index (χ1n) is 7.38. The maximum Gasteiger partial charge on any atom is 0.173 e. The highest BCUT2D eigenvalue weighted by molar-refractivity contribution is 7.09. The van der Waals surface area contributed by atoms with Gasteiger partial charge in [-0.05, 0) is 19.1 Å². The third-order valence-corrected chi connectivity index (χ3v) is 4.75. The molecule has 0 saturated heterocycles. The Bertz CT molecular complexity index is 1040. The fraction of sp³-hybridized carbons (Fsp3) is 0.188. The molecule has 0 fully saturated rings. The number of fused-ring (bicyclic) bond motifs is 1. The Labute approximate surface area is 141 Å². The molecule has 4 aromatic heterocycles. The molecule has 0 saturated carbocycles. The third-order valence-electron chi connectivity index (χ3n) is 3.79. The molecule has 0 spiro atoms. The summed E-state index contributed by atoms with van der Waals surface area (Å²) >= 11 is 1.50. The first-order valence-corrected chi connectivity index (χ1v) is 8.26. The average Bonchev–Trinajstić information content (AvgIpc) is 3.27. The van der Waals surface area contributed by atoms with Crippen molar-refractivity contribution in [2.75, 3.05) is 0 Å². The van der Waals surface area contributed by atoms with E-state index < -0.39 is 0 Å². The Hall–Kier alpha value is -2.87. The van der Waals surface area contributed by atoms with Crippen LogP contribution in [0.4, 0.5) is 0 Å². The Kier molecular flexibility index (Phi) is 3.46. The molecule has 0 aromatic carbocycles. The van der Waals surface area contributed by atoms with Crippen molar-refractivity contribution >= 4 is 22.8 Å². The molecule has 0 aliphatic carbocycles. The summed E-state index contributed by atoms with van der Waals surface area (Å²) in [6.07, 6.45) is 5.48. The maximum absolute atomic E-state index is 12.8. The van der Waals surface area contributed by atoms with Crippen LogP contribution in [0, 0.1) is 6.92 Å². The highest BCUT2D eigenvalue weighted by Gasteiger charge is 2.17. The van der Waals surface area contributed by atoms with E-state index in [1.54, 1.807) is 21.6 Å². The molecule has 0 atom stereocenters. The molecule has 0 N–H and O–H groups in total. The number of ketones is 1. The molecule has 4 rings (SSSR count). The van der Waals surface area contributed by atoms with Gasteiger partial charge < -0.3 is 0 Å². The van der Waals surface area contributed by atoms with E-state index in [4.69, 9.17) is 0 Å². The summed E-state index contributed by atoms with van der Waals surface area (Å²) in [7, 11) is 1.87. The summed E-state index contributed by atoms with van der Waals surface area (Å²) in [4.78, 5) is 17.2. The zero-order chi connectivity index (χ0) is 16.7. The fourth-order valence-corrected chi connectivity index (χ4v) is 3.43. The molecule has 24 heavy (non-hydrogen) atoms. The van der Waals surface area contributed by atoms with Crippen LogP contribution < -0.4 is 0 Å². The van der Waals surface area contributed by atoms with Gasteiger partial charge in [0, 0.05) is 36.1 Å². The van der Waals surface area contributed by atoms with Gasteiger partial charge >= 0.3 is 0 Å². The molecular weight excluding hydrogens is 324 g/mol. The van der Waals surface area contributed by atoms with Crippen molar-refractivity contribution < 1.29 is 4.79 Å². The fourth-order valence-electron chi connectivity index (χ4n) is 2.66. The van der Waals surface area contributed by atoms with Crippen molar-refractivity contribution in [3.8, 4) is 11.3 Å². The van der Waals surface area contributed by atoms with Gasteiger partial charge in [-0.2, -0.15) is 5.10 Å². The SMILES string of the molecule is Cc1csc(CC(=O)c2cc(-c3ccnn3C)cn3cnnc23)n1. The number of pyridine rings is 1. The number of aryl methyl sites for hydroxylation is 2. The second-order valence-electron chi connectivity index (χ2n) is 5.53. The molecule has 4 aromatic rings. The van der Waals surface area contributed by atoms with E-state index in [0.29, 0.717) is 11.2 Å². The molecule has 0 aliphatic heterocycles. The van der Waals surface area contributed by atoms with Gasteiger partial charge in [-0.3, -0.25) is 13.9 Å². The summed E-state index contributed by atoms with van der Waals surface area (Å²) in [5, 5.41) is 15.0. The van der Waals surface area contributed by atoms with E-state index in [1.165, 1.54) is 11.3 Å². The van der Waals surface area contributed by atoms with Gasteiger partial charge in [-0.25, -0.2) is 4.98 Å². The van der Waals surface area contributed by atoms with Gasteiger partial charge in [0.25, 0.3) is 0 Å². The number of carbonyl (C=O) groups is 1. The number of aromatic nitrogens is 6. The number of nitrogens with zero attached hydrogens (tertiary/aromatic N) is 6. The van der Waals surface area contributed by atoms with Crippen LogP contribution in [0.15, 0.2) is 36.2 Å². The van der Waals surface area contributed by atoms with Crippen molar-refractivity contribution in [2.24, 2.45) is 7.05 Å². The molecule has 120 valence electrons. The zero-order valence-electron chi connectivity index (χ0n) is 13.2. The minimum atomic E-state index is -0.0219. The largest absolute Gasteiger partial charge is 0.294 e. The van der Waals surface area contributed by atoms with Crippen LogP contribution in [0.2, 0.25) is 0 Å². The molecule has 0 unspecified atom stereocenters. The van der Waals surface area contributed by atoms with Gasteiger partial charge in [0.2, 0.25) is 0 Å². The van der Waals surface area contributed by atoms with Crippen LogP contribution in [0.1, 0.15) is 21.1 Å². The van der Waals surface area contributed by atoms with Crippen molar-refractivity contribution in [1.82, 2.24) is 29.4 Å². The molecule has 0 radical (unpaired) electrons. The van der Waals surface area contributed by atoms with Gasteiger partial charge in [0.05, 0.1) is 17.7 Å². The molecule has 7 nitrogen and oxygen atoms in total. The van der Waals surface area contributed by atoms with E-state index >= 15 is 0 Å². The normalized spacial score (nSPS) is 11.2. The Balaban J connectivity index is 1.80. The number of carbonyl (C=O) groups excluding carboxylic acids is 1. The second kappa shape index (κ2) is 5.64. The summed E-state index contributed by atoms with van der Waals surface area (Å²) in [5.74, 6) is -0.0219. The van der Waals surface area contributed by atoms with Gasteiger partial charge in [0.15, 0.2) is 11.4 Å². The van der Waals surface area contributed by atoms with Gasteiger partial charge in [-0.15, -0.1) is 21.5 Å². The number of rotatable bonds is 4. The number of hydrogen-bond donors (Lipinski definition) is 0. The van der Waals surface area contributed by atoms with Gasteiger partial charge in [-0.1, -0.05) is 0 Å². The predicted molar refractivity (Wildman–Crippen MR) is 90.1 cm³/mol. The topological polar surface area (TPSA) is 78.0 Å². The molecule has 0 amide bonds. The molecular formula is C16H14N6OS. The summed E-state index contributed by atoms with van der Waals surface area (Å²) in [6, 6.07) is 3.76. The lowest BCUT2D eigenvalue weighted by Crippen LogP contribution is -2.07. The van der Waals surface area contributed by atoms with E-state index in [0.717, 1.165) is 22.0 Å². The maximum atomic E-state index is 12.8. The van der Waals surface area contributed by atoms with Crippen LogP contribution in [-0.4, -0.2) is 35.1 Å². The second-order valence-corrected chi connectivity index (χ2v) is 6.47. The zero-order valence-corrected chi connectivity index (χ0v) is 14.0. The van der Waals surface area contributed by atoms with E-state index in [1.807, 2.05) is 37.7 Å². The summed E-state index contributed by atoms with van der Waals surface area (Å²) < 4.78 is 3.53. The monoisotopic (exact) mass is 338 g/mol. The Morgan fingerprint density at radius 2 is 2.25 bits per heavy atom. The van der Waals surface area contributed by atoms with Crippen LogP contribution in [0.3, 0.4) is 0 Å². The molecule has 0 bridgehead atoms. The van der Waals surface area contributed by atoms with Crippen LogP contribution >= 0.6 is 11.3 Å². The van der Waals surface area contributed by atoms with E-state index in [2.05, 4.69) is 20.3 Å². The van der Waals surface area contributed by atoms with Crippen LogP contribution in [0.25, 0.3) is 16.9 Å². The third kappa shape index (κ3) is 2.50. The van der Waals surface area contributed by atoms with Crippen molar-refractivity contribution in [1.29, 1.82) is 0 Å². The van der Waals surface area contributed by atoms with E-state index in [9.17, 15) is 4.79 Å². The van der Waals surface area contributed by atoms with Gasteiger partial charge in [0.1, 0.15) is 11.3 Å². The molecule has 8 heteroatoms. The number of hydrogen-bond acceptors (Lipinski definition) is 6. The Morgan fingerprint density at radius 3 is 2.96 bits per heavy atom. The van der Waals surface area contributed by atoms with Crippen molar-refractivity contribution in [3.05, 3.63) is 52.5 Å². The minimum absolute atomic E-state index is 0.0219. The highest BCUT2D eigenvalue weighted by atomic mass is 32.1. The Morgan fingerprint density at radius 1 is 1.38 bits per heavy atom. The quantitative estimate of drug-likeness (QED) is 0.534. The summed E-state index contributed by atoms with van der Waals surface area (Å²) in [6.45, 7) is 1.92. The first kappa shape index (κ1) is 14.7. The van der Waals surface area contributed by atoms with Crippen LogP contribution in [-0.2, 0) is 13.5 Å². The molecule has 0 aliphatic rings. The average molecular weight is 338 g/mol. The molecule has 4 heterocycles. The number of Topliss-reactive ketones (excluding diaryl/α,β-unsaturated/α-hetero) is 1. The lowest BCUT2D eigenvalue weighted by molar-refractivity contribution is 0.0994. The van der Waals surface area contributed by atoms with Crippen molar-refractivity contribution in [2.45, 2.75) is 13.3 Å². The summed E-state index contributed by atoms with van der Waals surface area (Å²) in [5.41, 5.74) is 3.84. The predicted octanol–water partition coefficient (Wildman–Crippen LogP) is 2.32. The van der Waals surface area contributed by atoms with Crippen LogP contribution in [0.5, 0.6) is 0 Å². The first-order chi connectivity index (χ1) is 11.6. The van der Waals surface area contributed by atoms with Crippen molar-refractivity contribution in [3.63, 3.8) is 0 Å². The smallest absolute Gasteiger partial charge is 0.173 e. The minimum Gasteiger partial charge on any atom is -0.294 e. The number of thiazole rings is 1. The lowest BCUT2D eigenvalue weighted by atomic mass is 10.1. The highest BCUT2D eigenvalue weighted by Crippen LogP contribution is 2.23.